The van der Waals surface area contributed by atoms with Gasteiger partial charge in [-0.1, -0.05) is 29.4 Å². The summed E-state index contributed by atoms with van der Waals surface area (Å²) in [5, 5.41) is 6.18. The van der Waals surface area contributed by atoms with E-state index in [0.29, 0.717) is 17.1 Å². The fraction of sp³-hybridized carbons (Fsp3) is 0.238. The number of aromatic nitrogens is 1. The minimum Gasteiger partial charge on any atom is -0.488 e. The number of hydrogen-bond acceptors (Lipinski definition) is 4. The molecule has 0 aliphatic carbocycles. The zero-order chi connectivity index (χ0) is 21.2. The quantitative estimate of drug-likeness (QED) is 0.614. The molecular formula is C21H19F3N2O3. The molecule has 0 aliphatic rings. The van der Waals surface area contributed by atoms with Gasteiger partial charge in [-0.3, -0.25) is 4.79 Å². The minimum absolute atomic E-state index is 0.00657. The number of benzene rings is 2. The van der Waals surface area contributed by atoms with Crippen molar-refractivity contribution < 1.29 is 27.2 Å². The van der Waals surface area contributed by atoms with Crippen molar-refractivity contribution in [1.29, 1.82) is 0 Å². The molecule has 1 N–H and O–H groups in total. The Balaban J connectivity index is 1.79. The molecule has 2 aromatic carbocycles. The summed E-state index contributed by atoms with van der Waals surface area (Å²) < 4.78 is 49.6. The molecule has 8 heteroatoms. The van der Waals surface area contributed by atoms with Gasteiger partial charge in [0, 0.05) is 5.69 Å². The van der Waals surface area contributed by atoms with Gasteiger partial charge < -0.3 is 14.6 Å². The summed E-state index contributed by atoms with van der Waals surface area (Å²) in [6.45, 7) is 5.48. The molecule has 3 rings (SSSR count). The van der Waals surface area contributed by atoms with Crippen molar-refractivity contribution in [2.45, 2.75) is 33.6 Å². The number of hydrogen-bond donors (Lipinski definition) is 1. The van der Waals surface area contributed by atoms with Crippen LogP contribution >= 0.6 is 0 Å². The Morgan fingerprint density at radius 3 is 2.41 bits per heavy atom. The van der Waals surface area contributed by atoms with Crippen molar-refractivity contribution in [3.05, 3.63) is 76.2 Å². The molecule has 3 aromatic rings. The van der Waals surface area contributed by atoms with Gasteiger partial charge in [-0.05, 0) is 50.1 Å². The standard InChI is InChI=1S/C21H19F3N2O3/c1-12-6-4-7-13(2)19(12)28-11-17-14(3)29-26-18(17)20(27)25-16-9-5-8-15(10-16)21(22,23)24/h4-10H,11H2,1-3H3,(H,25,27). The van der Waals surface area contributed by atoms with Gasteiger partial charge in [-0.15, -0.1) is 0 Å². The normalized spacial score (nSPS) is 11.4. The molecule has 1 heterocycles. The second-order valence-electron chi connectivity index (χ2n) is 6.61. The number of amides is 1. The van der Waals surface area contributed by atoms with Crippen LogP contribution in [0.2, 0.25) is 0 Å². The highest BCUT2D eigenvalue weighted by atomic mass is 19.4. The van der Waals surface area contributed by atoms with Gasteiger partial charge in [-0.25, -0.2) is 0 Å². The SMILES string of the molecule is Cc1cccc(C)c1OCc1c(C(=O)Nc2cccc(C(F)(F)F)c2)noc1C. The van der Waals surface area contributed by atoms with Crippen LogP contribution in [0.5, 0.6) is 5.75 Å². The average molecular weight is 404 g/mol. The molecular weight excluding hydrogens is 385 g/mol. The van der Waals surface area contributed by atoms with Crippen LogP contribution in [0, 0.1) is 20.8 Å². The van der Waals surface area contributed by atoms with Crippen LogP contribution in [-0.2, 0) is 12.8 Å². The van der Waals surface area contributed by atoms with Gasteiger partial charge in [0.25, 0.3) is 5.91 Å². The van der Waals surface area contributed by atoms with Gasteiger partial charge >= 0.3 is 6.18 Å². The first-order valence-corrected chi connectivity index (χ1v) is 8.79. The molecule has 1 aromatic heterocycles. The Labute approximate surface area is 165 Å². The van der Waals surface area contributed by atoms with Crippen LogP contribution in [0.3, 0.4) is 0 Å². The average Bonchev–Trinajstić information content (AvgIpc) is 3.02. The van der Waals surface area contributed by atoms with Gasteiger partial charge in [0.05, 0.1) is 11.1 Å². The van der Waals surface area contributed by atoms with Crippen LogP contribution in [0.15, 0.2) is 47.0 Å². The van der Waals surface area contributed by atoms with Gasteiger partial charge in [-0.2, -0.15) is 13.2 Å². The first-order valence-electron chi connectivity index (χ1n) is 8.79. The maximum atomic E-state index is 12.9. The summed E-state index contributed by atoms with van der Waals surface area (Å²) in [6.07, 6.45) is -4.50. The Morgan fingerprint density at radius 2 is 1.76 bits per heavy atom. The molecule has 29 heavy (non-hydrogen) atoms. The van der Waals surface area contributed by atoms with Crippen LogP contribution in [0.4, 0.5) is 18.9 Å². The topological polar surface area (TPSA) is 64.4 Å². The molecule has 1 amide bonds. The molecule has 0 fully saturated rings. The molecule has 0 radical (unpaired) electrons. The van der Waals surface area contributed by atoms with Gasteiger partial charge in [0.1, 0.15) is 18.1 Å². The smallest absolute Gasteiger partial charge is 0.416 e. The minimum atomic E-state index is -4.50. The van der Waals surface area contributed by atoms with E-state index in [-0.39, 0.29) is 18.0 Å². The Hall–Kier alpha value is -3.29. The predicted octanol–water partition coefficient (Wildman–Crippen LogP) is 5.45. The van der Waals surface area contributed by atoms with E-state index in [0.717, 1.165) is 23.3 Å². The van der Waals surface area contributed by atoms with E-state index < -0.39 is 17.6 Å². The fourth-order valence-corrected chi connectivity index (χ4v) is 2.87. The predicted molar refractivity (Wildman–Crippen MR) is 101 cm³/mol. The summed E-state index contributed by atoms with van der Waals surface area (Å²) >= 11 is 0. The van der Waals surface area contributed by atoms with Crippen LogP contribution in [0.1, 0.15) is 38.5 Å². The number of nitrogens with one attached hydrogen (secondary N) is 1. The lowest BCUT2D eigenvalue weighted by atomic mass is 10.1. The number of carbonyl (C=O) groups is 1. The number of para-hydroxylation sites is 1. The van der Waals surface area contributed by atoms with Crippen molar-refractivity contribution in [3.63, 3.8) is 0 Å². The summed E-state index contributed by atoms with van der Waals surface area (Å²) in [4.78, 5) is 12.6. The van der Waals surface area contributed by atoms with Crippen LogP contribution in [0.25, 0.3) is 0 Å². The molecule has 0 atom stereocenters. The summed E-state index contributed by atoms with van der Waals surface area (Å²) in [5.74, 6) is 0.407. The third kappa shape index (κ3) is 4.59. The molecule has 0 unspecified atom stereocenters. The first-order chi connectivity index (χ1) is 13.7. The Bertz CT molecular complexity index is 1020. The molecule has 0 saturated carbocycles. The van der Waals surface area contributed by atoms with E-state index in [1.165, 1.54) is 12.1 Å². The number of rotatable bonds is 5. The maximum Gasteiger partial charge on any atom is 0.416 e. The number of halogens is 3. The van der Waals surface area contributed by atoms with E-state index in [2.05, 4.69) is 10.5 Å². The Kier molecular flexibility index (Phi) is 5.63. The molecule has 0 spiro atoms. The molecule has 0 saturated heterocycles. The number of anilines is 1. The second kappa shape index (κ2) is 7.98. The van der Waals surface area contributed by atoms with Gasteiger partial charge in [0.2, 0.25) is 0 Å². The summed E-state index contributed by atoms with van der Waals surface area (Å²) in [7, 11) is 0. The largest absolute Gasteiger partial charge is 0.488 e. The Morgan fingerprint density at radius 1 is 1.10 bits per heavy atom. The lowest BCUT2D eigenvalue weighted by Crippen LogP contribution is -2.16. The molecule has 5 nitrogen and oxygen atoms in total. The summed E-state index contributed by atoms with van der Waals surface area (Å²) in [5.41, 5.74) is 1.42. The number of alkyl halides is 3. The second-order valence-corrected chi connectivity index (χ2v) is 6.61. The lowest BCUT2D eigenvalue weighted by Gasteiger charge is -2.12. The molecule has 0 aliphatic heterocycles. The van der Waals surface area contributed by atoms with Crippen molar-refractivity contribution in [2.75, 3.05) is 5.32 Å². The van der Waals surface area contributed by atoms with Gasteiger partial charge in [0.15, 0.2) is 5.69 Å². The van der Waals surface area contributed by atoms with E-state index in [1.807, 2.05) is 32.0 Å². The van der Waals surface area contributed by atoms with Crippen molar-refractivity contribution in [3.8, 4) is 5.75 Å². The van der Waals surface area contributed by atoms with Crippen molar-refractivity contribution >= 4 is 11.6 Å². The highest BCUT2D eigenvalue weighted by Gasteiger charge is 2.30. The highest BCUT2D eigenvalue weighted by molar-refractivity contribution is 6.03. The molecule has 152 valence electrons. The fourth-order valence-electron chi connectivity index (χ4n) is 2.87. The highest BCUT2D eigenvalue weighted by Crippen LogP contribution is 2.31. The van der Waals surface area contributed by atoms with Crippen LogP contribution < -0.4 is 10.1 Å². The van der Waals surface area contributed by atoms with Crippen molar-refractivity contribution in [1.82, 2.24) is 5.16 Å². The maximum absolute atomic E-state index is 12.9. The van der Waals surface area contributed by atoms with E-state index >= 15 is 0 Å². The first kappa shape index (κ1) is 20.4. The number of nitrogens with zero attached hydrogens (tertiary/aromatic N) is 1. The van der Waals surface area contributed by atoms with Crippen molar-refractivity contribution in [2.24, 2.45) is 0 Å². The van der Waals surface area contributed by atoms with Crippen LogP contribution in [-0.4, -0.2) is 11.1 Å². The monoisotopic (exact) mass is 404 g/mol. The number of aryl methyl sites for hydroxylation is 3. The van der Waals surface area contributed by atoms with E-state index in [9.17, 15) is 18.0 Å². The lowest BCUT2D eigenvalue weighted by molar-refractivity contribution is -0.137. The zero-order valence-electron chi connectivity index (χ0n) is 16.1. The number of ether oxygens (including phenoxy) is 1. The third-order valence-electron chi connectivity index (χ3n) is 4.42. The van der Waals surface area contributed by atoms with E-state index in [4.69, 9.17) is 9.26 Å². The number of carbonyl (C=O) groups excluding carboxylic acids is 1. The molecule has 0 bridgehead atoms. The zero-order valence-corrected chi connectivity index (χ0v) is 16.1. The third-order valence-corrected chi connectivity index (χ3v) is 4.42. The summed E-state index contributed by atoms with van der Waals surface area (Å²) in [6, 6.07) is 10.1. The van der Waals surface area contributed by atoms with E-state index in [1.54, 1.807) is 6.92 Å².